The van der Waals surface area contributed by atoms with E-state index in [0.717, 1.165) is 43.5 Å². The van der Waals surface area contributed by atoms with Crippen molar-refractivity contribution in [3.8, 4) is 0 Å². The third-order valence-corrected chi connectivity index (χ3v) is 5.54. The zero-order valence-electron chi connectivity index (χ0n) is 11.9. The van der Waals surface area contributed by atoms with Crippen molar-refractivity contribution in [3.63, 3.8) is 0 Å². The number of thioether (sulfide) groups is 1. The molecule has 0 bridgehead atoms. The summed E-state index contributed by atoms with van der Waals surface area (Å²) in [5, 5.41) is 4.84. The molecule has 1 unspecified atom stereocenters. The minimum atomic E-state index is 0.273. The summed E-state index contributed by atoms with van der Waals surface area (Å²) in [5.41, 5.74) is 0.273. The Morgan fingerprint density at radius 3 is 2.84 bits per heavy atom. The molecule has 3 saturated heterocycles. The molecule has 3 aliphatic heterocycles. The summed E-state index contributed by atoms with van der Waals surface area (Å²) >= 11 is 1.90. The SMILES string of the molecule is CC(CN1CCCC1)N=C1NC2(CCOCC2)CS1. The van der Waals surface area contributed by atoms with Crippen LogP contribution >= 0.6 is 11.8 Å². The summed E-state index contributed by atoms with van der Waals surface area (Å²) in [5.74, 6) is 1.16. The van der Waals surface area contributed by atoms with Crippen molar-refractivity contribution in [1.29, 1.82) is 0 Å². The Bertz CT molecular complexity index is 336. The first-order valence-corrected chi connectivity index (χ1v) is 8.53. The first-order valence-electron chi connectivity index (χ1n) is 7.55. The maximum atomic E-state index is 5.47. The molecule has 3 heterocycles. The van der Waals surface area contributed by atoms with Crippen molar-refractivity contribution in [2.75, 3.05) is 38.6 Å². The monoisotopic (exact) mass is 283 g/mol. The lowest BCUT2D eigenvalue weighted by Crippen LogP contribution is -2.48. The van der Waals surface area contributed by atoms with Gasteiger partial charge in [-0.2, -0.15) is 0 Å². The average Bonchev–Trinajstić information content (AvgIpc) is 3.02. The maximum Gasteiger partial charge on any atom is 0.157 e. The van der Waals surface area contributed by atoms with Crippen LogP contribution < -0.4 is 5.32 Å². The maximum absolute atomic E-state index is 5.47. The number of aliphatic imine (C=N–C) groups is 1. The minimum Gasteiger partial charge on any atom is -0.381 e. The molecular formula is C14H25N3OS. The third kappa shape index (κ3) is 3.44. The quantitative estimate of drug-likeness (QED) is 0.855. The molecule has 0 radical (unpaired) electrons. The van der Waals surface area contributed by atoms with Crippen molar-refractivity contribution in [2.45, 2.75) is 44.2 Å². The topological polar surface area (TPSA) is 36.9 Å². The van der Waals surface area contributed by atoms with Crippen LogP contribution in [0.2, 0.25) is 0 Å². The van der Waals surface area contributed by atoms with E-state index in [1.807, 2.05) is 11.8 Å². The Balaban J connectivity index is 1.52. The molecule has 0 aromatic heterocycles. The average molecular weight is 283 g/mol. The highest BCUT2D eigenvalue weighted by Gasteiger charge is 2.38. The molecule has 5 heteroatoms. The summed E-state index contributed by atoms with van der Waals surface area (Å²) in [6.07, 6.45) is 4.97. The van der Waals surface area contributed by atoms with Crippen LogP contribution in [0.5, 0.6) is 0 Å². The molecular weight excluding hydrogens is 258 g/mol. The van der Waals surface area contributed by atoms with Gasteiger partial charge in [0, 0.05) is 25.5 Å². The minimum absolute atomic E-state index is 0.273. The van der Waals surface area contributed by atoms with Gasteiger partial charge in [-0.15, -0.1) is 0 Å². The van der Waals surface area contributed by atoms with E-state index in [9.17, 15) is 0 Å². The number of hydrogen-bond acceptors (Lipinski definition) is 4. The molecule has 1 atom stereocenters. The predicted octanol–water partition coefficient (Wildman–Crippen LogP) is 1.71. The van der Waals surface area contributed by atoms with E-state index in [-0.39, 0.29) is 5.54 Å². The second-order valence-corrected chi connectivity index (χ2v) is 7.06. The molecule has 1 N–H and O–H groups in total. The van der Waals surface area contributed by atoms with E-state index in [1.165, 1.54) is 25.9 Å². The lowest BCUT2D eigenvalue weighted by molar-refractivity contribution is 0.0555. The molecule has 1 spiro atoms. The Kier molecular flexibility index (Phi) is 4.34. The van der Waals surface area contributed by atoms with Crippen molar-refractivity contribution in [3.05, 3.63) is 0 Å². The van der Waals surface area contributed by atoms with Gasteiger partial charge in [0.2, 0.25) is 0 Å². The number of ether oxygens (including phenoxy) is 1. The highest BCUT2D eigenvalue weighted by molar-refractivity contribution is 8.14. The van der Waals surface area contributed by atoms with Crippen molar-refractivity contribution in [1.82, 2.24) is 10.2 Å². The van der Waals surface area contributed by atoms with Gasteiger partial charge in [-0.05, 0) is 45.7 Å². The zero-order chi connectivity index (χ0) is 13.1. The van der Waals surface area contributed by atoms with Crippen LogP contribution in [0.1, 0.15) is 32.6 Å². The van der Waals surface area contributed by atoms with E-state index in [1.54, 1.807) is 0 Å². The number of amidine groups is 1. The van der Waals surface area contributed by atoms with Gasteiger partial charge in [-0.25, -0.2) is 0 Å². The fraction of sp³-hybridized carbons (Fsp3) is 0.929. The van der Waals surface area contributed by atoms with Crippen molar-refractivity contribution < 1.29 is 4.74 Å². The van der Waals surface area contributed by atoms with Crippen LogP contribution in [0.15, 0.2) is 4.99 Å². The smallest absolute Gasteiger partial charge is 0.157 e. The highest BCUT2D eigenvalue weighted by atomic mass is 32.2. The Labute approximate surface area is 120 Å². The summed E-state index contributed by atoms with van der Waals surface area (Å²) < 4.78 is 5.47. The van der Waals surface area contributed by atoms with E-state index < -0.39 is 0 Å². The van der Waals surface area contributed by atoms with E-state index in [4.69, 9.17) is 9.73 Å². The van der Waals surface area contributed by atoms with Gasteiger partial charge >= 0.3 is 0 Å². The lowest BCUT2D eigenvalue weighted by Gasteiger charge is -2.32. The van der Waals surface area contributed by atoms with Gasteiger partial charge in [0.25, 0.3) is 0 Å². The second kappa shape index (κ2) is 6.02. The molecule has 0 amide bonds. The molecule has 0 saturated carbocycles. The summed E-state index contributed by atoms with van der Waals surface area (Å²) in [7, 11) is 0. The zero-order valence-corrected chi connectivity index (χ0v) is 12.7. The molecule has 108 valence electrons. The normalized spacial score (nSPS) is 30.9. The standard InChI is InChI=1S/C14H25N3OS/c1-12(10-17-6-2-3-7-17)15-13-16-14(11-19-13)4-8-18-9-5-14/h12H,2-11H2,1H3,(H,15,16). The summed E-state index contributed by atoms with van der Waals surface area (Å²) in [6, 6.07) is 0.406. The number of rotatable bonds is 3. The first-order chi connectivity index (χ1) is 9.26. The lowest BCUT2D eigenvalue weighted by atomic mass is 9.93. The highest BCUT2D eigenvalue weighted by Crippen LogP contribution is 2.32. The van der Waals surface area contributed by atoms with Crippen LogP contribution in [-0.4, -0.2) is 60.2 Å². The second-order valence-electron chi connectivity index (χ2n) is 6.10. The fourth-order valence-corrected chi connectivity index (χ4v) is 4.50. The van der Waals surface area contributed by atoms with E-state index in [0.29, 0.717) is 6.04 Å². The van der Waals surface area contributed by atoms with E-state index >= 15 is 0 Å². The Morgan fingerprint density at radius 2 is 2.11 bits per heavy atom. The van der Waals surface area contributed by atoms with Gasteiger partial charge in [0.15, 0.2) is 5.17 Å². The molecule has 0 aromatic carbocycles. The van der Waals surface area contributed by atoms with Gasteiger partial charge in [-0.3, -0.25) is 4.99 Å². The molecule has 3 aliphatic rings. The van der Waals surface area contributed by atoms with Gasteiger partial charge in [0.05, 0.1) is 11.6 Å². The third-order valence-electron chi connectivity index (χ3n) is 4.37. The number of nitrogens with one attached hydrogen (secondary N) is 1. The van der Waals surface area contributed by atoms with Gasteiger partial charge < -0.3 is 15.0 Å². The Hall–Kier alpha value is -0.260. The summed E-state index contributed by atoms with van der Waals surface area (Å²) in [6.45, 7) is 7.66. The van der Waals surface area contributed by atoms with Crippen LogP contribution in [0.3, 0.4) is 0 Å². The number of nitrogens with zero attached hydrogens (tertiary/aromatic N) is 2. The molecule has 0 aliphatic carbocycles. The number of hydrogen-bond donors (Lipinski definition) is 1. The molecule has 3 fully saturated rings. The van der Waals surface area contributed by atoms with Crippen LogP contribution in [0.4, 0.5) is 0 Å². The van der Waals surface area contributed by atoms with Gasteiger partial charge in [-0.1, -0.05) is 11.8 Å². The van der Waals surface area contributed by atoms with Crippen molar-refractivity contribution in [2.24, 2.45) is 4.99 Å². The predicted molar refractivity (Wildman–Crippen MR) is 80.9 cm³/mol. The first kappa shape index (κ1) is 13.7. The largest absolute Gasteiger partial charge is 0.381 e. The number of likely N-dealkylation sites (tertiary alicyclic amines) is 1. The fourth-order valence-electron chi connectivity index (χ4n) is 3.19. The molecule has 19 heavy (non-hydrogen) atoms. The van der Waals surface area contributed by atoms with Crippen LogP contribution in [0.25, 0.3) is 0 Å². The molecule has 4 nitrogen and oxygen atoms in total. The molecule has 3 rings (SSSR count). The van der Waals surface area contributed by atoms with Crippen molar-refractivity contribution >= 4 is 16.9 Å². The Morgan fingerprint density at radius 1 is 1.37 bits per heavy atom. The van der Waals surface area contributed by atoms with Crippen LogP contribution in [0, 0.1) is 0 Å². The van der Waals surface area contributed by atoms with E-state index in [2.05, 4.69) is 17.1 Å². The molecule has 0 aromatic rings. The van der Waals surface area contributed by atoms with Gasteiger partial charge in [0.1, 0.15) is 0 Å². The van der Waals surface area contributed by atoms with Crippen LogP contribution in [-0.2, 0) is 4.74 Å². The summed E-state index contributed by atoms with van der Waals surface area (Å²) in [4.78, 5) is 7.42.